The smallest absolute Gasteiger partial charge is 0.262 e. The Morgan fingerprint density at radius 3 is 1.97 bits per heavy atom. The molecular weight excluding hydrogens is 523 g/mol. The number of hydrogen-bond donors (Lipinski definition) is 3. The number of carbonyl (C=O) groups is 1. The molecule has 2 atom stereocenters. The summed E-state index contributed by atoms with van der Waals surface area (Å²) >= 11 is 12.5. The highest BCUT2D eigenvalue weighted by Crippen LogP contribution is 2.45. The van der Waals surface area contributed by atoms with Gasteiger partial charge in [0.2, 0.25) is 0 Å². The van der Waals surface area contributed by atoms with Gasteiger partial charge in [0.05, 0.1) is 25.8 Å². The molecule has 7 nitrogen and oxygen atoms in total. The fraction of sp³-hybridized carbons (Fsp3) is 0.345. The Labute approximate surface area is 233 Å². The minimum Gasteiger partial charge on any atom is -0.497 e. The average Bonchev–Trinajstić information content (AvgIpc) is 3.35. The van der Waals surface area contributed by atoms with Crippen LogP contribution in [-0.2, 0) is 10.5 Å². The summed E-state index contributed by atoms with van der Waals surface area (Å²) in [6.07, 6.45) is 0. The van der Waals surface area contributed by atoms with E-state index in [-0.39, 0.29) is 18.0 Å². The molecule has 3 aromatic carbocycles. The maximum absolute atomic E-state index is 14.5. The third-order valence-electron chi connectivity index (χ3n) is 7.15. The first-order chi connectivity index (χ1) is 18.4. The van der Waals surface area contributed by atoms with Crippen molar-refractivity contribution in [3.63, 3.8) is 0 Å². The molecule has 9 heteroatoms. The van der Waals surface area contributed by atoms with Crippen LogP contribution in [0, 0.1) is 0 Å². The number of methoxy groups -OCH3 is 1. The van der Waals surface area contributed by atoms with Crippen LogP contribution in [0.4, 0.5) is 0 Å². The van der Waals surface area contributed by atoms with Gasteiger partial charge in [0, 0.05) is 47.9 Å². The van der Waals surface area contributed by atoms with Gasteiger partial charge in [0.1, 0.15) is 11.5 Å². The Kier molecular flexibility index (Phi) is 8.12. The van der Waals surface area contributed by atoms with Crippen molar-refractivity contribution in [3.05, 3.63) is 93.5 Å². The molecule has 0 aromatic heterocycles. The number of rotatable bonds is 7. The van der Waals surface area contributed by atoms with Gasteiger partial charge in [-0.25, -0.2) is 0 Å². The molecule has 1 amide bonds. The van der Waals surface area contributed by atoms with Gasteiger partial charge in [-0.15, -0.1) is 0 Å². The molecule has 2 saturated heterocycles. The van der Waals surface area contributed by atoms with Crippen LogP contribution in [-0.4, -0.2) is 50.7 Å². The topological polar surface area (TPSA) is 74.9 Å². The van der Waals surface area contributed by atoms with E-state index in [0.29, 0.717) is 46.8 Å². The maximum Gasteiger partial charge on any atom is 0.262 e. The molecule has 2 aliphatic heterocycles. The highest BCUT2D eigenvalue weighted by Gasteiger charge is 2.54. The molecule has 5 rings (SSSR count). The number of hydrogen-bond acceptors (Lipinski definition) is 6. The van der Waals surface area contributed by atoms with Crippen molar-refractivity contribution in [2.24, 2.45) is 0 Å². The minimum atomic E-state index is -1.26. The highest BCUT2D eigenvalue weighted by molar-refractivity contribution is 6.30. The van der Waals surface area contributed by atoms with Gasteiger partial charge < -0.3 is 19.7 Å². The Hall–Kier alpha value is -2.81. The molecule has 0 radical (unpaired) electrons. The normalized spacial score (nSPS) is 23.3. The fourth-order valence-electron chi connectivity index (χ4n) is 5.28. The molecule has 2 unspecified atom stereocenters. The van der Waals surface area contributed by atoms with Crippen LogP contribution in [0.3, 0.4) is 0 Å². The van der Waals surface area contributed by atoms with Gasteiger partial charge >= 0.3 is 0 Å². The second kappa shape index (κ2) is 11.5. The molecule has 38 heavy (non-hydrogen) atoms. The van der Waals surface area contributed by atoms with Gasteiger partial charge in [0.15, 0.2) is 5.66 Å². The lowest BCUT2D eigenvalue weighted by Crippen LogP contribution is -2.61. The van der Waals surface area contributed by atoms with Gasteiger partial charge in [0.25, 0.3) is 5.91 Å². The molecular formula is C29H32Cl2N4O3. The number of nitrogens with zero attached hydrogens (tertiary/aromatic N) is 1. The summed E-state index contributed by atoms with van der Waals surface area (Å²) in [7, 11) is 1.62. The van der Waals surface area contributed by atoms with E-state index in [9.17, 15) is 4.79 Å². The second-order valence-corrected chi connectivity index (χ2v) is 10.3. The quantitative estimate of drug-likeness (QED) is 0.394. The fourth-order valence-corrected chi connectivity index (χ4v) is 5.53. The van der Waals surface area contributed by atoms with Crippen LogP contribution < -0.4 is 25.4 Å². The summed E-state index contributed by atoms with van der Waals surface area (Å²) in [4.78, 5) is 16.4. The van der Waals surface area contributed by atoms with Gasteiger partial charge in [-0.1, -0.05) is 47.5 Å². The molecule has 3 N–H and O–H groups in total. The van der Waals surface area contributed by atoms with E-state index in [4.69, 9.17) is 32.7 Å². The number of nitrogens with one attached hydrogen (secondary N) is 3. The van der Waals surface area contributed by atoms with E-state index in [1.165, 1.54) is 0 Å². The van der Waals surface area contributed by atoms with Crippen molar-refractivity contribution in [2.75, 3.05) is 39.9 Å². The third-order valence-corrected chi connectivity index (χ3v) is 7.66. The summed E-state index contributed by atoms with van der Waals surface area (Å²) in [6, 6.07) is 20.6. The summed E-state index contributed by atoms with van der Waals surface area (Å²) in [6.45, 7) is 5.08. The third kappa shape index (κ3) is 5.22. The van der Waals surface area contributed by atoms with E-state index < -0.39 is 5.66 Å². The second-order valence-electron chi connectivity index (χ2n) is 9.43. The standard InChI is InChI=1S/C29H32Cl2N4O3/c1-3-38-25-18-23(37-2)12-13-24(25)29(28(36)35-16-14-32-15-17-35)33-26(19-4-8-21(30)9-5-19)27(34-29)20-6-10-22(31)11-7-20/h4-13,18,26-27,32-34H,3,14-17H2,1-2H3. The molecule has 3 aromatic rings. The van der Waals surface area contributed by atoms with Crippen molar-refractivity contribution in [1.82, 2.24) is 20.9 Å². The number of ether oxygens (including phenoxy) is 2. The largest absolute Gasteiger partial charge is 0.497 e. The first-order valence-electron chi connectivity index (χ1n) is 12.8. The number of carbonyl (C=O) groups excluding carboxylic acids is 1. The Morgan fingerprint density at radius 1 is 0.921 bits per heavy atom. The molecule has 2 aliphatic rings. The van der Waals surface area contributed by atoms with Gasteiger partial charge in [-0.2, -0.15) is 0 Å². The van der Waals surface area contributed by atoms with E-state index in [0.717, 1.165) is 24.2 Å². The van der Waals surface area contributed by atoms with Crippen LogP contribution in [0.2, 0.25) is 10.0 Å². The van der Waals surface area contributed by atoms with Crippen LogP contribution in [0.15, 0.2) is 66.7 Å². The summed E-state index contributed by atoms with van der Waals surface area (Å²) in [5.41, 5.74) is 1.45. The zero-order chi connectivity index (χ0) is 26.7. The van der Waals surface area contributed by atoms with Crippen molar-refractivity contribution in [1.29, 1.82) is 0 Å². The highest BCUT2D eigenvalue weighted by atomic mass is 35.5. The van der Waals surface area contributed by atoms with Crippen LogP contribution >= 0.6 is 23.2 Å². The average molecular weight is 556 g/mol. The predicted octanol–water partition coefficient (Wildman–Crippen LogP) is 4.66. The van der Waals surface area contributed by atoms with Gasteiger partial charge in [-0.05, 0) is 54.4 Å². The zero-order valence-corrected chi connectivity index (χ0v) is 23.0. The molecule has 0 spiro atoms. The maximum atomic E-state index is 14.5. The number of piperazine rings is 1. The first-order valence-corrected chi connectivity index (χ1v) is 13.6. The van der Waals surface area contributed by atoms with Crippen molar-refractivity contribution in [3.8, 4) is 11.5 Å². The lowest BCUT2D eigenvalue weighted by Gasteiger charge is -2.38. The van der Waals surface area contributed by atoms with Crippen LogP contribution in [0.1, 0.15) is 35.7 Å². The number of benzene rings is 3. The minimum absolute atomic E-state index is 0.0550. The lowest BCUT2D eigenvalue weighted by atomic mass is 9.95. The van der Waals surface area contributed by atoms with Crippen molar-refractivity contribution in [2.45, 2.75) is 24.7 Å². The molecule has 200 valence electrons. The molecule has 2 fully saturated rings. The van der Waals surface area contributed by atoms with Crippen LogP contribution in [0.5, 0.6) is 11.5 Å². The predicted molar refractivity (Wildman–Crippen MR) is 150 cm³/mol. The zero-order valence-electron chi connectivity index (χ0n) is 21.5. The Balaban J connectivity index is 1.68. The summed E-state index contributed by atoms with van der Waals surface area (Å²) < 4.78 is 11.6. The van der Waals surface area contributed by atoms with E-state index in [1.807, 2.05) is 78.6 Å². The van der Waals surface area contributed by atoms with Gasteiger partial charge in [-0.3, -0.25) is 15.4 Å². The first kappa shape index (κ1) is 26.8. The molecule has 2 heterocycles. The van der Waals surface area contributed by atoms with Crippen LogP contribution in [0.25, 0.3) is 0 Å². The molecule has 0 aliphatic carbocycles. The monoisotopic (exact) mass is 554 g/mol. The number of halogens is 2. The number of amides is 1. The Morgan fingerprint density at radius 2 is 1.47 bits per heavy atom. The van der Waals surface area contributed by atoms with Crippen molar-refractivity contribution >= 4 is 29.1 Å². The van der Waals surface area contributed by atoms with E-state index in [2.05, 4.69) is 16.0 Å². The SMILES string of the molecule is CCOc1cc(OC)ccc1C1(C(=O)N2CCNCC2)NC(c2ccc(Cl)cc2)C(c2ccc(Cl)cc2)N1. The van der Waals surface area contributed by atoms with E-state index >= 15 is 0 Å². The summed E-state index contributed by atoms with van der Waals surface area (Å²) in [5, 5.41) is 12.1. The Bertz CT molecular complexity index is 1210. The van der Waals surface area contributed by atoms with Crippen molar-refractivity contribution < 1.29 is 14.3 Å². The molecule has 0 saturated carbocycles. The lowest BCUT2D eigenvalue weighted by molar-refractivity contribution is -0.140. The van der Waals surface area contributed by atoms with E-state index in [1.54, 1.807) is 7.11 Å². The molecule has 0 bridgehead atoms. The summed E-state index contributed by atoms with van der Waals surface area (Å²) in [5.74, 6) is 1.19.